The summed E-state index contributed by atoms with van der Waals surface area (Å²) in [7, 11) is 0. The van der Waals surface area contributed by atoms with Gasteiger partial charge in [0.1, 0.15) is 34.9 Å². The molecule has 2 aromatic rings. The second-order valence-electron chi connectivity index (χ2n) is 6.14. The van der Waals surface area contributed by atoms with E-state index >= 15 is 0 Å². The third kappa shape index (κ3) is 2.90. The van der Waals surface area contributed by atoms with Gasteiger partial charge in [0.2, 0.25) is 5.91 Å². The van der Waals surface area contributed by atoms with Crippen molar-refractivity contribution in [2.75, 3.05) is 11.9 Å². The van der Waals surface area contributed by atoms with Gasteiger partial charge in [0.15, 0.2) is 6.23 Å². The fraction of sp³-hybridized carbons (Fsp3) is 0.467. The summed E-state index contributed by atoms with van der Waals surface area (Å²) in [6.45, 7) is 2.51. The lowest BCUT2D eigenvalue weighted by Crippen LogP contribution is -2.39. The van der Waals surface area contributed by atoms with Crippen molar-refractivity contribution >= 4 is 40.6 Å². The lowest BCUT2D eigenvalue weighted by Gasteiger charge is -2.26. The van der Waals surface area contributed by atoms with E-state index in [9.17, 15) is 15.0 Å². The molecule has 0 radical (unpaired) electrons. The normalized spacial score (nSPS) is 28.9. The Bertz CT molecular complexity index is 867. The maximum absolute atomic E-state index is 11.4. The second-order valence-corrected chi connectivity index (χ2v) is 6.96. The van der Waals surface area contributed by atoms with Crippen molar-refractivity contribution in [3.05, 3.63) is 18.1 Å². The zero-order valence-corrected chi connectivity index (χ0v) is 14.8. The van der Waals surface area contributed by atoms with Crippen molar-refractivity contribution < 1.29 is 25.0 Å². The number of fused-ring (bicyclic) bond motifs is 1. The Morgan fingerprint density at radius 3 is 2.88 bits per heavy atom. The van der Waals surface area contributed by atoms with Crippen LogP contribution in [0.15, 0.2) is 17.7 Å². The molecule has 0 aromatic carbocycles. The Morgan fingerprint density at radius 2 is 2.31 bits per heavy atom. The number of alkyl halides is 1. The number of aliphatic hydroxyl groups is 2. The summed E-state index contributed by atoms with van der Waals surface area (Å²) in [4.78, 5) is 18.5. The highest BCUT2D eigenvalue weighted by molar-refractivity contribution is 6.24. The molecule has 4 N–H and O–H groups in total. The smallest absolute Gasteiger partial charge is 0.222 e. The van der Waals surface area contributed by atoms with Crippen LogP contribution in [0.25, 0.3) is 11.0 Å². The SMILES string of the molecule is CC(=O)Nc1ncnc2c1c(/C=N/O)cn2[C@@H]1O[C@H](CO)[C@@H](O)[C@@]1(C)Cl. The first-order valence-electron chi connectivity index (χ1n) is 7.75. The Balaban J connectivity index is 2.20. The molecule has 1 amide bonds. The van der Waals surface area contributed by atoms with Gasteiger partial charge in [-0.2, -0.15) is 0 Å². The van der Waals surface area contributed by atoms with Crippen LogP contribution in [0.5, 0.6) is 0 Å². The average molecular weight is 384 g/mol. The first-order chi connectivity index (χ1) is 12.3. The largest absolute Gasteiger partial charge is 0.411 e. The zero-order chi connectivity index (χ0) is 19.1. The molecule has 2 aromatic heterocycles. The van der Waals surface area contributed by atoms with Crippen LogP contribution in [0.1, 0.15) is 25.6 Å². The fourth-order valence-corrected chi connectivity index (χ4v) is 3.37. The number of aliphatic hydroxyl groups excluding tert-OH is 2. The van der Waals surface area contributed by atoms with Crippen LogP contribution in [-0.2, 0) is 9.53 Å². The van der Waals surface area contributed by atoms with Crippen LogP contribution in [0.2, 0.25) is 0 Å². The van der Waals surface area contributed by atoms with Gasteiger partial charge in [0, 0.05) is 18.7 Å². The number of amides is 1. The van der Waals surface area contributed by atoms with Gasteiger partial charge in [-0.25, -0.2) is 9.97 Å². The highest BCUT2D eigenvalue weighted by Gasteiger charge is 2.53. The number of carbonyl (C=O) groups excluding carboxylic acids is 1. The third-order valence-corrected chi connectivity index (χ3v) is 4.69. The van der Waals surface area contributed by atoms with Crippen LogP contribution >= 0.6 is 11.6 Å². The molecule has 0 saturated carbocycles. The first-order valence-corrected chi connectivity index (χ1v) is 8.12. The molecular formula is C15H18ClN5O5. The highest BCUT2D eigenvalue weighted by Crippen LogP contribution is 2.45. The summed E-state index contributed by atoms with van der Waals surface area (Å²) in [5, 5.41) is 34.7. The van der Waals surface area contributed by atoms with E-state index in [1.54, 1.807) is 17.7 Å². The number of oxime groups is 1. The van der Waals surface area contributed by atoms with E-state index in [0.29, 0.717) is 16.6 Å². The quantitative estimate of drug-likeness (QED) is 0.260. The van der Waals surface area contributed by atoms with Crippen molar-refractivity contribution in [3.8, 4) is 0 Å². The highest BCUT2D eigenvalue weighted by atomic mass is 35.5. The minimum atomic E-state index is -1.26. The van der Waals surface area contributed by atoms with Crippen LogP contribution in [-0.4, -0.2) is 65.8 Å². The van der Waals surface area contributed by atoms with Crippen LogP contribution in [0.4, 0.5) is 5.82 Å². The minimum absolute atomic E-state index is 0.227. The molecule has 3 rings (SSSR count). The molecule has 0 unspecified atom stereocenters. The Morgan fingerprint density at radius 1 is 1.58 bits per heavy atom. The molecule has 3 heterocycles. The van der Waals surface area contributed by atoms with Crippen LogP contribution in [0, 0.1) is 0 Å². The molecule has 0 bridgehead atoms. The van der Waals surface area contributed by atoms with Crippen molar-refractivity contribution in [1.29, 1.82) is 0 Å². The molecule has 1 aliphatic heterocycles. The van der Waals surface area contributed by atoms with E-state index in [-0.39, 0.29) is 11.7 Å². The predicted octanol–water partition coefficient (Wildman–Crippen LogP) is 0.446. The van der Waals surface area contributed by atoms with Crippen molar-refractivity contribution in [2.45, 2.75) is 37.2 Å². The van der Waals surface area contributed by atoms with E-state index in [1.165, 1.54) is 13.3 Å². The maximum atomic E-state index is 11.4. The van der Waals surface area contributed by atoms with Crippen molar-refractivity contribution in [3.63, 3.8) is 0 Å². The maximum Gasteiger partial charge on any atom is 0.222 e. The van der Waals surface area contributed by atoms with Crippen molar-refractivity contribution in [2.24, 2.45) is 5.16 Å². The number of nitrogens with zero attached hydrogens (tertiary/aromatic N) is 4. The Hall–Kier alpha value is -2.27. The number of anilines is 1. The zero-order valence-electron chi connectivity index (χ0n) is 14.0. The molecule has 10 nitrogen and oxygen atoms in total. The lowest BCUT2D eigenvalue weighted by molar-refractivity contribution is -0.114. The molecule has 1 saturated heterocycles. The van der Waals surface area contributed by atoms with Crippen LogP contribution in [0.3, 0.4) is 0 Å². The number of rotatable bonds is 4. The van der Waals surface area contributed by atoms with Crippen molar-refractivity contribution in [1.82, 2.24) is 14.5 Å². The lowest BCUT2D eigenvalue weighted by atomic mass is 10.0. The molecule has 26 heavy (non-hydrogen) atoms. The van der Waals surface area contributed by atoms with Gasteiger partial charge in [-0.1, -0.05) is 5.16 Å². The van der Waals surface area contributed by atoms with E-state index in [2.05, 4.69) is 20.4 Å². The Kier molecular flexibility index (Phi) is 4.84. The number of carbonyl (C=O) groups is 1. The topological polar surface area (TPSA) is 142 Å². The number of halogens is 1. The van der Waals surface area contributed by atoms with Gasteiger partial charge in [-0.3, -0.25) is 4.79 Å². The summed E-state index contributed by atoms with van der Waals surface area (Å²) in [5.74, 6) is -0.107. The Labute approximate surface area is 153 Å². The third-order valence-electron chi connectivity index (χ3n) is 4.28. The molecule has 1 fully saturated rings. The molecule has 140 valence electrons. The summed E-state index contributed by atoms with van der Waals surface area (Å²) in [6.07, 6.45) is 1.11. The molecule has 0 spiro atoms. The average Bonchev–Trinajstić information content (AvgIpc) is 3.04. The fourth-order valence-electron chi connectivity index (χ4n) is 3.08. The van der Waals surface area contributed by atoms with E-state index in [4.69, 9.17) is 21.5 Å². The number of ether oxygens (including phenoxy) is 1. The number of nitrogens with one attached hydrogen (secondary N) is 1. The monoisotopic (exact) mass is 383 g/mol. The van der Waals surface area contributed by atoms with Gasteiger partial charge in [-0.15, -0.1) is 11.6 Å². The summed E-state index contributed by atoms with van der Waals surface area (Å²) >= 11 is 6.50. The van der Waals surface area contributed by atoms with Gasteiger partial charge in [0.05, 0.1) is 18.2 Å². The van der Waals surface area contributed by atoms with E-state index in [0.717, 1.165) is 6.21 Å². The molecular weight excluding hydrogens is 366 g/mol. The predicted molar refractivity (Wildman–Crippen MR) is 92.5 cm³/mol. The number of hydrogen-bond donors (Lipinski definition) is 4. The summed E-state index contributed by atoms with van der Waals surface area (Å²) in [6, 6.07) is 0. The molecule has 11 heteroatoms. The molecule has 0 aliphatic carbocycles. The summed E-state index contributed by atoms with van der Waals surface area (Å²) in [5.41, 5.74) is 0.756. The molecule has 1 aliphatic rings. The number of hydrogen-bond acceptors (Lipinski definition) is 8. The minimum Gasteiger partial charge on any atom is -0.411 e. The summed E-state index contributed by atoms with van der Waals surface area (Å²) < 4.78 is 7.27. The van der Waals surface area contributed by atoms with Gasteiger partial charge in [-0.05, 0) is 6.92 Å². The van der Waals surface area contributed by atoms with E-state index in [1.807, 2.05) is 0 Å². The first kappa shape index (κ1) is 18.5. The molecule has 4 atom stereocenters. The standard InChI is InChI=1S/C15H18ClN5O5/c1-7(23)20-12-10-8(3-19-25)4-21(13(10)18-6-17-12)14-15(2,16)11(24)9(5-22)26-14/h3-4,6,9,11,14,22,24-25H,5H2,1-2H3,(H,17,18,20,23)/b19-3+/t9-,11-,14-,15-/m1/s1. The van der Waals surface area contributed by atoms with Gasteiger partial charge in [0.25, 0.3) is 0 Å². The van der Waals surface area contributed by atoms with Gasteiger partial charge < -0.3 is 30.0 Å². The van der Waals surface area contributed by atoms with Crippen LogP contribution < -0.4 is 5.32 Å². The number of aromatic nitrogens is 3. The second kappa shape index (κ2) is 6.80. The van der Waals surface area contributed by atoms with Gasteiger partial charge >= 0.3 is 0 Å². The van der Waals surface area contributed by atoms with E-state index < -0.39 is 29.9 Å².